The minimum Gasteiger partial charge on any atom is -0.356 e. The molecule has 1 aromatic carbocycles. The van der Waals surface area contributed by atoms with Crippen molar-refractivity contribution in [3.63, 3.8) is 0 Å². The highest BCUT2D eigenvalue weighted by molar-refractivity contribution is 14.0. The van der Waals surface area contributed by atoms with Crippen molar-refractivity contribution in [1.82, 2.24) is 10.6 Å². The fourth-order valence-corrected chi connectivity index (χ4v) is 3.23. The quantitative estimate of drug-likeness (QED) is 0.235. The van der Waals surface area contributed by atoms with Gasteiger partial charge in [0.25, 0.3) is 0 Å². The van der Waals surface area contributed by atoms with Crippen LogP contribution in [0, 0.1) is 6.92 Å². The normalized spacial score (nSPS) is 11.0. The maximum absolute atomic E-state index is 4.25. The van der Waals surface area contributed by atoms with Gasteiger partial charge in [-0.2, -0.15) is 23.5 Å². The van der Waals surface area contributed by atoms with E-state index in [4.69, 9.17) is 0 Å². The van der Waals surface area contributed by atoms with Crippen molar-refractivity contribution < 1.29 is 0 Å². The molecule has 0 aliphatic rings. The lowest BCUT2D eigenvalue weighted by molar-refractivity contribution is 0.739. The third kappa shape index (κ3) is 12.0. The van der Waals surface area contributed by atoms with Crippen LogP contribution in [0.5, 0.6) is 0 Å². The average molecular weight is 467 g/mol. The third-order valence-corrected chi connectivity index (χ3v) is 4.95. The van der Waals surface area contributed by atoms with Crippen LogP contribution in [0.25, 0.3) is 0 Å². The second kappa shape index (κ2) is 15.4. The number of guanidine groups is 1. The van der Waals surface area contributed by atoms with E-state index in [2.05, 4.69) is 53.1 Å². The van der Waals surface area contributed by atoms with Crippen LogP contribution in [-0.2, 0) is 5.75 Å². The van der Waals surface area contributed by atoms with Crippen molar-refractivity contribution in [1.29, 1.82) is 0 Å². The summed E-state index contributed by atoms with van der Waals surface area (Å²) in [6.07, 6.45) is 4.61. The Kier molecular flexibility index (Phi) is 15.4. The highest BCUT2D eigenvalue weighted by Gasteiger charge is 1.97. The van der Waals surface area contributed by atoms with Crippen LogP contribution >= 0.6 is 47.5 Å². The molecule has 0 spiro atoms. The van der Waals surface area contributed by atoms with Gasteiger partial charge >= 0.3 is 0 Å². The summed E-state index contributed by atoms with van der Waals surface area (Å²) in [5.74, 6) is 4.31. The second-order valence-corrected chi connectivity index (χ2v) is 7.25. The SMILES string of the molecule is CN=C(NCCCCSC)NCCSCc1ccc(C)cc1.I. The predicted octanol–water partition coefficient (Wildman–Crippen LogP) is 4.15. The topological polar surface area (TPSA) is 36.4 Å². The van der Waals surface area contributed by atoms with Gasteiger partial charge in [0.2, 0.25) is 0 Å². The summed E-state index contributed by atoms with van der Waals surface area (Å²) in [6.45, 7) is 4.07. The monoisotopic (exact) mass is 467 g/mol. The van der Waals surface area contributed by atoms with Gasteiger partial charge in [-0.05, 0) is 37.3 Å². The van der Waals surface area contributed by atoms with Gasteiger partial charge in [0.1, 0.15) is 0 Å². The van der Waals surface area contributed by atoms with Gasteiger partial charge in [-0.3, -0.25) is 4.99 Å². The summed E-state index contributed by atoms with van der Waals surface area (Å²) >= 11 is 3.86. The maximum Gasteiger partial charge on any atom is 0.191 e. The Hall–Kier alpha value is -0.0800. The number of nitrogens with one attached hydrogen (secondary N) is 2. The molecule has 0 amide bonds. The van der Waals surface area contributed by atoms with E-state index < -0.39 is 0 Å². The fourth-order valence-electron chi connectivity index (χ4n) is 1.91. The lowest BCUT2D eigenvalue weighted by Crippen LogP contribution is -2.38. The molecule has 0 heterocycles. The Morgan fingerprint density at radius 2 is 1.74 bits per heavy atom. The van der Waals surface area contributed by atoms with E-state index in [1.807, 2.05) is 30.6 Å². The zero-order valence-corrected chi connectivity index (χ0v) is 18.4. The molecule has 0 aromatic heterocycles. The van der Waals surface area contributed by atoms with Gasteiger partial charge in [-0.15, -0.1) is 24.0 Å². The molecule has 2 N–H and O–H groups in total. The Morgan fingerprint density at radius 1 is 1.04 bits per heavy atom. The predicted molar refractivity (Wildman–Crippen MR) is 120 cm³/mol. The Morgan fingerprint density at radius 3 is 2.39 bits per heavy atom. The van der Waals surface area contributed by atoms with Crippen LogP contribution in [0.1, 0.15) is 24.0 Å². The first kappa shape index (κ1) is 22.9. The summed E-state index contributed by atoms with van der Waals surface area (Å²) in [6, 6.07) is 8.78. The van der Waals surface area contributed by atoms with E-state index in [0.29, 0.717) is 0 Å². The Balaban J connectivity index is 0.00000484. The summed E-state index contributed by atoms with van der Waals surface area (Å²) in [5.41, 5.74) is 2.72. The first-order valence-electron chi connectivity index (χ1n) is 7.83. The summed E-state index contributed by atoms with van der Waals surface area (Å²) in [7, 11) is 1.83. The number of aryl methyl sites for hydroxylation is 1. The van der Waals surface area contributed by atoms with Gasteiger partial charge < -0.3 is 10.6 Å². The number of nitrogens with zero attached hydrogens (tertiary/aromatic N) is 1. The lowest BCUT2D eigenvalue weighted by Gasteiger charge is -2.11. The van der Waals surface area contributed by atoms with Crippen LogP contribution in [0.2, 0.25) is 0 Å². The van der Waals surface area contributed by atoms with E-state index in [1.165, 1.54) is 29.7 Å². The molecule has 0 aliphatic heterocycles. The minimum absolute atomic E-state index is 0. The Bertz CT molecular complexity index is 424. The van der Waals surface area contributed by atoms with Gasteiger partial charge in [0.15, 0.2) is 5.96 Å². The number of rotatable bonds is 10. The van der Waals surface area contributed by atoms with Crippen LogP contribution in [0.3, 0.4) is 0 Å². The number of hydrogen-bond donors (Lipinski definition) is 2. The molecule has 0 radical (unpaired) electrons. The molecule has 0 atom stereocenters. The zero-order chi connectivity index (χ0) is 16.0. The molecule has 0 bridgehead atoms. The Labute approximate surface area is 167 Å². The molecule has 0 saturated carbocycles. The largest absolute Gasteiger partial charge is 0.356 e. The summed E-state index contributed by atoms with van der Waals surface area (Å²) in [5, 5.41) is 6.73. The molecule has 0 fully saturated rings. The van der Waals surface area contributed by atoms with E-state index in [-0.39, 0.29) is 24.0 Å². The molecule has 132 valence electrons. The maximum atomic E-state index is 4.25. The first-order chi connectivity index (χ1) is 10.8. The van der Waals surface area contributed by atoms with E-state index in [1.54, 1.807) is 0 Å². The molecule has 1 aromatic rings. The van der Waals surface area contributed by atoms with E-state index in [9.17, 15) is 0 Å². The molecule has 3 nitrogen and oxygen atoms in total. The zero-order valence-electron chi connectivity index (χ0n) is 14.4. The number of halogens is 1. The highest BCUT2D eigenvalue weighted by atomic mass is 127. The highest BCUT2D eigenvalue weighted by Crippen LogP contribution is 2.12. The van der Waals surface area contributed by atoms with Gasteiger partial charge in [-0.25, -0.2) is 0 Å². The fraction of sp³-hybridized carbons (Fsp3) is 0.588. The molecular formula is C17H30IN3S2. The van der Waals surface area contributed by atoms with Crippen molar-refractivity contribution in [2.24, 2.45) is 4.99 Å². The average Bonchev–Trinajstić information content (AvgIpc) is 2.54. The van der Waals surface area contributed by atoms with Crippen LogP contribution in [0.15, 0.2) is 29.3 Å². The molecule has 0 aliphatic carbocycles. The smallest absolute Gasteiger partial charge is 0.191 e. The van der Waals surface area contributed by atoms with Crippen molar-refractivity contribution in [3.8, 4) is 0 Å². The molecule has 1 rings (SSSR count). The first-order valence-corrected chi connectivity index (χ1v) is 10.4. The number of aliphatic imine (C=N–C) groups is 1. The number of thioether (sulfide) groups is 2. The molecule has 6 heteroatoms. The van der Waals surface area contributed by atoms with Crippen molar-refractivity contribution in [3.05, 3.63) is 35.4 Å². The standard InChI is InChI=1S/C17H29N3S2.HI/c1-15-6-8-16(9-7-15)14-22-13-11-20-17(18-2)19-10-4-5-12-21-3;/h6-9H,4-5,10-14H2,1-3H3,(H2,18,19,20);1H. The van der Waals surface area contributed by atoms with Crippen LogP contribution in [-0.4, -0.2) is 43.9 Å². The number of hydrogen-bond acceptors (Lipinski definition) is 3. The van der Waals surface area contributed by atoms with E-state index >= 15 is 0 Å². The third-order valence-electron chi connectivity index (χ3n) is 3.22. The molecular weight excluding hydrogens is 437 g/mol. The van der Waals surface area contributed by atoms with Gasteiger partial charge in [-0.1, -0.05) is 29.8 Å². The number of benzene rings is 1. The molecule has 0 saturated heterocycles. The summed E-state index contributed by atoms with van der Waals surface area (Å²) in [4.78, 5) is 4.25. The van der Waals surface area contributed by atoms with Crippen molar-refractivity contribution in [2.75, 3.05) is 37.9 Å². The molecule has 0 unspecified atom stereocenters. The minimum atomic E-state index is 0. The number of unbranched alkanes of at least 4 members (excludes halogenated alkanes) is 1. The van der Waals surface area contributed by atoms with Crippen LogP contribution < -0.4 is 10.6 Å². The van der Waals surface area contributed by atoms with Crippen LogP contribution in [0.4, 0.5) is 0 Å². The lowest BCUT2D eigenvalue weighted by atomic mass is 10.2. The van der Waals surface area contributed by atoms with Crippen molar-refractivity contribution in [2.45, 2.75) is 25.5 Å². The van der Waals surface area contributed by atoms with Gasteiger partial charge in [0, 0.05) is 31.6 Å². The van der Waals surface area contributed by atoms with Gasteiger partial charge in [0.05, 0.1) is 0 Å². The van der Waals surface area contributed by atoms with Crippen molar-refractivity contribution >= 4 is 53.5 Å². The van der Waals surface area contributed by atoms with E-state index in [0.717, 1.165) is 30.6 Å². The summed E-state index contributed by atoms with van der Waals surface area (Å²) < 4.78 is 0. The second-order valence-electron chi connectivity index (χ2n) is 5.16. The molecule has 23 heavy (non-hydrogen) atoms.